The van der Waals surface area contributed by atoms with E-state index < -0.39 is 0 Å². The zero-order valence-electron chi connectivity index (χ0n) is 21.8. The number of anilines is 1. The Morgan fingerprint density at radius 2 is 1.52 bits per heavy atom. The van der Waals surface area contributed by atoms with E-state index in [-0.39, 0.29) is 30.8 Å². The molecule has 0 unspecified atom stereocenters. The molecule has 0 saturated carbocycles. The van der Waals surface area contributed by atoms with Gasteiger partial charge in [0.1, 0.15) is 12.4 Å². The molecule has 0 atom stereocenters. The Balaban J connectivity index is 1.30. The number of nitrogens with zero attached hydrogens (tertiary/aromatic N) is 4. The summed E-state index contributed by atoms with van der Waals surface area (Å²) in [7, 11) is 0. The van der Waals surface area contributed by atoms with E-state index in [2.05, 4.69) is 10.3 Å². The number of fused-ring (bicyclic) bond motifs is 1. The van der Waals surface area contributed by atoms with Crippen LogP contribution in [0.2, 0.25) is 5.02 Å². The molecular formula is C31H28ClN5O3. The Morgan fingerprint density at radius 3 is 2.20 bits per heavy atom. The first kappa shape index (κ1) is 25.8. The molecule has 3 aliphatic rings. The quantitative estimate of drug-likeness (QED) is 0.486. The van der Waals surface area contributed by atoms with Crippen molar-refractivity contribution in [3.8, 4) is 0 Å². The number of benzene rings is 3. The van der Waals surface area contributed by atoms with Crippen molar-refractivity contribution in [2.24, 2.45) is 4.99 Å². The van der Waals surface area contributed by atoms with E-state index in [1.807, 2.05) is 54.6 Å². The van der Waals surface area contributed by atoms with E-state index >= 15 is 0 Å². The van der Waals surface area contributed by atoms with Crippen molar-refractivity contribution in [2.45, 2.75) is 13.1 Å². The number of hydrogen-bond acceptors (Lipinski definition) is 5. The molecule has 0 spiro atoms. The van der Waals surface area contributed by atoms with Gasteiger partial charge >= 0.3 is 0 Å². The van der Waals surface area contributed by atoms with Gasteiger partial charge in [-0.15, -0.1) is 0 Å². The van der Waals surface area contributed by atoms with Crippen molar-refractivity contribution in [2.75, 3.05) is 37.6 Å². The summed E-state index contributed by atoms with van der Waals surface area (Å²) in [5.74, 6) is 0.376. The summed E-state index contributed by atoms with van der Waals surface area (Å²) >= 11 is 6.03. The van der Waals surface area contributed by atoms with Crippen molar-refractivity contribution in [1.82, 2.24) is 15.1 Å². The minimum Gasteiger partial charge on any atom is -0.368 e. The SMILES string of the molecule is O=C(c1ccc(CN2C(=O)CN(C(=O)c3ccc(Cl)cc3)Cc3cc(C4=NCCN4)ccc32)cc1)N1CC=CC1. The molecule has 1 N–H and O–H groups in total. The molecule has 202 valence electrons. The first-order valence-corrected chi connectivity index (χ1v) is 13.6. The number of hydrogen-bond donors (Lipinski definition) is 1. The summed E-state index contributed by atoms with van der Waals surface area (Å²) < 4.78 is 0. The fourth-order valence-corrected chi connectivity index (χ4v) is 5.34. The second kappa shape index (κ2) is 11.0. The van der Waals surface area contributed by atoms with Crippen LogP contribution >= 0.6 is 11.6 Å². The third-order valence-electron chi connectivity index (χ3n) is 7.33. The maximum absolute atomic E-state index is 13.7. The van der Waals surface area contributed by atoms with Crippen LogP contribution in [0.15, 0.2) is 83.9 Å². The maximum atomic E-state index is 13.7. The molecule has 0 aliphatic carbocycles. The topological polar surface area (TPSA) is 85.3 Å². The molecule has 3 aromatic rings. The largest absolute Gasteiger partial charge is 0.368 e. The third-order valence-corrected chi connectivity index (χ3v) is 7.58. The number of aliphatic imine (C=N–C) groups is 1. The van der Waals surface area contributed by atoms with Crippen LogP contribution in [-0.2, 0) is 17.9 Å². The van der Waals surface area contributed by atoms with Gasteiger partial charge in [-0.05, 0) is 65.7 Å². The molecule has 0 radical (unpaired) electrons. The monoisotopic (exact) mass is 553 g/mol. The van der Waals surface area contributed by atoms with Crippen molar-refractivity contribution in [3.05, 3.63) is 112 Å². The molecule has 40 heavy (non-hydrogen) atoms. The summed E-state index contributed by atoms with van der Waals surface area (Å²) in [5, 5.41) is 3.84. The summed E-state index contributed by atoms with van der Waals surface area (Å²) in [5.41, 5.74) is 4.50. The lowest BCUT2D eigenvalue weighted by atomic mass is 10.0. The fraction of sp³-hybridized carbons (Fsp3) is 0.226. The number of amidine groups is 1. The number of carbonyl (C=O) groups is 3. The predicted octanol–water partition coefficient (Wildman–Crippen LogP) is 3.89. The first-order chi connectivity index (χ1) is 19.5. The molecule has 0 saturated heterocycles. The van der Waals surface area contributed by atoms with Crippen LogP contribution in [0.25, 0.3) is 0 Å². The van der Waals surface area contributed by atoms with E-state index in [9.17, 15) is 14.4 Å². The molecule has 3 heterocycles. The zero-order valence-corrected chi connectivity index (χ0v) is 22.6. The Labute approximate surface area is 237 Å². The standard InChI is InChI=1S/C31H28ClN5O3/c32-26-10-7-23(8-11-26)31(40)36-19-25-17-24(29-33-13-14-34-29)9-12-27(25)37(28(38)20-36)18-21-3-5-22(6-4-21)30(39)35-15-1-2-16-35/h1-12,17H,13-16,18-20H2,(H,33,34). The highest BCUT2D eigenvalue weighted by molar-refractivity contribution is 6.30. The minimum absolute atomic E-state index is 0.0138. The van der Waals surface area contributed by atoms with Gasteiger partial charge in [-0.2, -0.15) is 0 Å². The Morgan fingerprint density at radius 1 is 0.850 bits per heavy atom. The van der Waals surface area contributed by atoms with Crippen molar-refractivity contribution in [3.63, 3.8) is 0 Å². The summed E-state index contributed by atoms with van der Waals surface area (Å²) in [6, 6.07) is 20.0. The highest BCUT2D eigenvalue weighted by atomic mass is 35.5. The maximum Gasteiger partial charge on any atom is 0.254 e. The van der Waals surface area contributed by atoms with Crippen LogP contribution in [0.1, 0.15) is 37.4 Å². The van der Waals surface area contributed by atoms with Crippen molar-refractivity contribution in [1.29, 1.82) is 0 Å². The Hall–Kier alpha value is -4.43. The van der Waals surface area contributed by atoms with Gasteiger partial charge in [-0.1, -0.05) is 35.9 Å². The Kier molecular flexibility index (Phi) is 7.09. The Bertz CT molecular complexity index is 1520. The number of amides is 3. The average Bonchev–Trinajstić information content (AvgIpc) is 3.69. The average molecular weight is 554 g/mol. The molecule has 3 aliphatic heterocycles. The second-order valence-corrected chi connectivity index (χ2v) is 10.5. The van der Waals surface area contributed by atoms with Crippen LogP contribution in [-0.4, -0.2) is 66.1 Å². The molecule has 8 nitrogen and oxygen atoms in total. The minimum atomic E-state index is -0.237. The normalized spacial score (nSPS) is 16.5. The molecule has 3 aromatic carbocycles. The number of carbonyl (C=O) groups excluding carboxylic acids is 3. The van der Waals surface area contributed by atoms with Gasteiger partial charge in [0.15, 0.2) is 0 Å². The van der Waals surface area contributed by atoms with Crippen LogP contribution < -0.4 is 10.2 Å². The molecule has 6 rings (SSSR count). The number of halogens is 1. The van der Waals surface area contributed by atoms with Gasteiger partial charge in [0.2, 0.25) is 5.91 Å². The van der Waals surface area contributed by atoms with Crippen molar-refractivity contribution < 1.29 is 14.4 Å². The van der Waals surface area contributed by atoms with Gasteiger partial charge in [-0.3, -0.25) is 19.4 Å². The van der Waals surface area contributed by atoms with Gasteiger partial charge in [0.05, 0.1) is 13.1 Å². The van der Waals surface area contributed by atoms with Crippen LogP contribution in [0.4, 0.5) is 5.69 Å². The molecule has 0 fully saturated rings. The number of rotatable bonds is 5. The van der Waals surface area contributed by atoms with E-state index in [1.165, 1.54) is 0 Å². The van der Waals surface area contributed by atoms with E-state index in [1.54, 1.807) is 39.0 Å². The van der Waals surface area contributed by atoms with Crippen molar-refractivity contribution >= 4 is 40.8 Å². The van der Waals surface area contributed by atoms with Gasteiger partial charge in [-0.25, -0.2) is 0 Å². The third kappa shape index (κ3) is 5.22. The van der Waals surface area contributed by atoms with Crippen LogP contribution in [0.3, 0.4) is 0 Å². The molecule has 0 aromatic heterocycles. The lowest BCUT2D eigenvalue weighted by molar-refractivity contribution is -0.119. The highest BCUT2D eigenvalue weighted by Crippen LogP contribution is 2.30. The lowest BCUT2D eigenvalue weighted by Gasteiger charge is -2.24. The van der Waals surface area contributed by atoms with Crippen LogP contribution in [0.5, 0.6) is 0 Å². The fourth-order valence-electron chi connectivity index (χ4n) is 5.21. The van der Waals surface area contributed by atoms with Gasteiger partial charge < -0.3 is 20.0 Å². The van der Waals surface area contributed by atoms with E-state index in [0.717, 1.165) is 34.8 Å². The predicted molar refractivity (Wildman–Crippen MR) is 155 cm³/mol. The molecule has 9 heteroatoms. The molecule has 3 amide bonds. The zero-order chi connectivity index (χ0) is 27.6. The number of nitrogens with one attached hydrogen (secondary N) is 1. The molecular weight excluding hydrogens is 526 g/mol. The van der Waals surface area contributed by atoms with Gasteiger partial charge in [0.25, 0.3) is 11.8 Å². The van der Waals surface area contributed by atoms with E-state index in [0.29, 0.717) is 42.3 Å². The summed E-state index contributed by atoms with van der Waals surface area (Å²) in [6.07, 6.45) is 3.97. The van der Waals surface area contributed by atoms with Crippen LogP contribution in [0, 0.1) is 0 Å². The first-order valence-electron chi connectivity index (χ1n) is 13.3. The highest BCUT2D eigenvalue weighted by Gasteiger charge is 2.30. The summed E-state index contributed by atoms with van der Waals surface area (Å²) in [6.45, 7) is 3.26. The van der Waals surface area contributed by atoms with E-state index in [4.69, 9.17) is 11.6 Å². The van der Waals surface area contributed by atoms with Gasteiger partial charge in [0, 0.05) is 53.6 Å². The summed E-state index contributed by atoms with van der Waals surface area (Å²) in [4.78, 5) is 49.5. The smallest absolute Gasteiger partial charge is 0.254 e. The molecule has 0 bridgehead atoms. The second-order valence-electron chi connectivity index (χ2n) is 10.0. The lowest BCUT2D eigenvalue weighted by Crippen LogP contribution is -2.39.